The molecule has 0 N–H and O–H groups in total. The first kappa shape index (κ1) is 12.2. The average Bonchev–Trinajstić information content (AvgIpc) is 2.26. The first-order chi connectivity index (χ1) is 7.68. The van der Waals surface area contributed by atoms with Gasteiger partial charge in [0.25, 0.3) is 0 Å². The Morgan fingerprint density at radius 2 is 2.00 bits per heavy atom. The molecule has 16 heavy (non-hydrogen) atoms. The van der Waals surface area contributed by atoms with Crippen molar-refractivity contribution in [3.8, 4) is 0 Å². The average molecular weight is 261 g/mol. The minimum absolute atomic E-state index is 0.171. The first-order valence-corrected chi connectivity index (χ1v) is 6.57. The van der Waals surface area contributed by atoms with Crippen molar-refractivity contribution in [2.24, 2.45) is 5.92 Å². The van der Waals surface area contributed by atoms with Gasteiger partial charge in [-0.3, -0.25) is 0 Å². The van der Waals surface area contributed by atoms with E-state index in [1.807, 2.05) is 0 Å². The zero-order chi connectivity index (χ0) is 11.5. The predicted molar refractivity (Wildman–Crippen MR) is 66.7 cm³/mol. The molecule has 1 aliphatic rings. The van der Waals surface area contributed by atoms with Crippen molar-refractivity contribution in [3.63, 3.8) is 0 Å². The summed E-state index contributed by atoms with van der Waals surface area (Å²) in [5, 5.41) is 0.693. The van der Waals surface area contributed by atoms with Gasteiger partial charge in [0.1, 0.15) is 5.82 Å². The summed E-state index contributed by atoms with van der Waals surface area (Å²) in [5.74, 6) is 0.159. The van der Waals surface area contributed by atoms with Crippen molar-refractivity contribution < 1.29 is 4.39 Å². The molecule has 0 amide bonds. The molecule has 0 saturated heterocycles. The minimum Gasteiger partial charge on any atom is -0.207 e. The molecule has 3 heteroatoms. The Morgan fingerprint density at radius 1 is 1.25 bits per heavy atom. The van der Waals surface area contributed by atoms with Crippen LogP contribution in [0.15, 0.2) is 18.2 Å². The summed E-state index contributed by atoms with van der Waals surface area (Å²) in [6, 6.07) is 4.85. The van der Waals surface area contributed by atoms with E-state index in [9.17, 15) is 4.39 Å². The van der Waals surface area contributed by atoms with E-state index in [1.54, 1.807) is 12.1 Å². The number of halogens is 3. The summed E-state index contributed by atoms with van der Waals surface area (Å²) in [6.45, 7) is 0. The second-order valence-corrected chi connectivity index (χ2v) is 5.43. The molecule has 1 aromatic rings. The Labute approximate surface area is 106 Å². The summed E-state index contributed by atoms with van der Waals surface area (Å²) in [7, 11) is 0. The Balaban J connectivity index is 2.13. The van der Waals surface area contributed by atoms with Gasteiger partial charge in [0.05, 0.1) is 0 Å². The van der Waals surface area contributed by atoms with Crippen LogP contribution in [-0.2, 0) is 6.42 Å². The number of hydrogen-bond acceptors (Lipinski definition) is 0. The van der Waals surface area contributed by atoms with Gasteiger partial charge in [-0.05, 0) is 37.3 Å². The van der Waals surface area contributed by atoms with Gasteiger partial charge in [-0.15, -0.1) is 11.6 Å². The van der Waals surface area contributed by atoms with Crippen LogP contribution in [0.25, 0.3) is 0 Å². The molecule has 0 radical (unpaired) electrons. The van der Waals surface area contributed by atoms with Crippen LogP contribution in [0, 0.1) is 11.7 Å². The lowest BCUT2D eigenvalue weighted by atomic mass is 9.84. The molecular weight excluding hydrogens is 246 g/mol. The van der Waals surface area contributed by atoms with E-state index in [0.717, 1.165) is 12.8 Å². The van der Waals surface area contributed by atoms with E-state index in [4.69, 9.17) is 23.2 Å². The lowest BCUT2D eigenvalue weighted by molar-refractivity contribution is 0.360. The molecule has 0 aromatic heterocycles. The fourth-order valence-electron chi connectivity index (χ4n) is 2.38. The Kier molecular flexibility index (Phi) is 4.10. The van der Waals surface area contributed by atoms with E-state index in [-0.39, 0.29) is 11.2 Å². The molecule has 0 heterocycles. The summed E-state index contributed by atoms with van der Waals surface area (Å²) >= 11 is 12.3. The highest BCUT2D eigenvalue weighted by molar-refractivity contribution is 6.31. The largest absolute Gasteiger partial charge is 0.207 e. The standard InChI is InChI=1S/C13H15Cl2F/c14-11-5-2-1-4-9(11)8-10-12(15)6-3-7-13(10)16/h3,6-7,9,11H,1-2,4-5,8H2. The number of hydrogen-bond donors (Lipinski definition) is 0. The quantitative estimate of drug-likeness (QED) is 0.669. The molecule has 0 bridgehead atoms. The topological polar surface area (TPSA) is 0 Å². The maximum absolute atomic E-state index is 13.6. The third-order valence-electron chi connectivity index (χ3n) is 3.34. The number of benzene rings is 1. The second-order valence-electron chi connectivity index (χ2n) is 4.46. The Morgan fingerprint density at radius 3 is 2.69 bits per heavy atom. The van der Waals surface area contributed by atoms with Crippen molar-refractivity contribution in [2.45, 2.75) is 37.5 Å². The predicted octanol–water partition coefficient (Wildman–Crippen LogP) is 4.82. The maximum atomic E-state index is 13.6. The number of alkyl halides is 1. The fraction of sp³-hybridized carbons (Fsp3) is 0.538. The first-order valence-electron chi connectivity index (χ1n) is 5.75. The molecule has 0 aliphatic heterocycles. The summed E-state index contributed by atoms with van der Waals surface area (Å²) in [4.78, 5) is 0. The zero-order valence-corrected chi connectivity index (χ0v) is 10.6. The minimum atomic E-state index is -0.207. The molecule has 1 saturated carbocycles. The summed E-state index contributed by atoms with van der Waals surface area (Å²) in [5.41, 5.74) is 0.627. The van der Waals surface area contributed by atoms with Crippen LogP contribution in [0.2, 0.25) is 5.02 Å². The second kappa shape index (κ2) is 5.37. The van der Waals surface area contributed by atoms with Gasteiger partial charge >= 0.3 is 0 Å². The van der Waals surface area contributed by atoms with Crippen LogP contribution < -0.4 is 0 Å². The zero-order valence-electron chi connectivity index (χ0n) is 9.06. The normalized spacial score (nSPS) is 25.7. The number of rotatable bonds is 2. The van der Waals surface area contributed by atoms with Gasteiger partial charge in [0, 0.05) is 16.0 Å². The highest BCUT2D eigenvalue weighted by Gasteiger charge is 2.25. The van der Waals surface area contributed by atoms with Crippen LogP contribution in [0.3, 0.4) is 0 Å². The molecule has 0 nitrogen and oxygen atoms in total. The van der Waals surface area contributed by atoms with E-state index >= 15 is 0 Å². The third-order valence-corrected chi connectivity index (χ3v) is 4.27. The summed E-state index contributed by atoms with van der Waals surface area (Å²) in [6.07, 6.45) is 5.17. The molecule has 0 spiro atoms. The van der Waals surface area contributed by atoms with Crippen LogP contribution in [0.5, 0.6) is 0 Å². The maximum Gasteiger partial charge on any atom is 0.127 e. The SMILES string of the molecule is Fc1cccc(Cl)c1CC1CCCCC1Cl. The van der Waals surface area contributed by atoms with Crippen LogP contribution in [0.4, 0.5) is 4.39 Å². The Hall–Kier alpha value is -0.270. The lowest BCUT2D eigenvalue weighted by Crippen LogP contribution is -2.22. The van der Waals surface area contributed by atoms with Crippen LogP contribution in [-0.4, -0.2) is 5.38 Å². The summed E-state index contributed by atoms with van der Waals surface area (Å²) < 4.78 is 13.6. The van der Waals surface area contributed by atoms with Gasteiger partial charge in [-0.25, -0.2) is 4.39 Å². The van der Waals surface area contributed by atoms with Gasteiger partial charge in [-0.1, -0.05) is 30.5 Å². The highest BCUT2D eigenvalue weighted by Crippen LogP contribution is 2.33. The third kappa shape index (κ3) is 2.70. The van der Waals surface area contributed by atoms with Gasteiger partial charge in [0.15, 0.2) is 0 Å². The van der Waals surface area contributed by atoms with Gasteiger partial charge in [0.2, 0.25) is 0 Å². The van der Waals surface area contributed by atoms with E-state index in [1.165, 1.54) is 18.9 Å². The van der Waals surface area contributed by atoms with Crippen molar-refractivity contribution in [2.75, 3.05) is 0 Å². The monoisotopic (exact) mass is 260 g/mol. The molecular formula is C13H15Cl2F. The molecule has 2 unspecified atom stereocenters. The molecule has 88 valence electrons. The van der Waals surface area contributed by atoms with Crippen LogP contribution in [0.1, 0.15) is 31.2 Å². The van der Waals surface area contributed by atoms with E-state index < -0.39 is 0 Å². The molecule has 1 aliphatic carbocycles. The van der Waals surface area contributed by atoms with Crippen molar-refractivity contribution in [3.05, 3.63) is 34.6 Å². The van der Waals surface area contributed by atoms with Gasteiger partial charge < -0.3 is 0 Å². The van der Waals surface area contributed by atoms with E-state index in [2.05, 4.69) is 0 Å². The molecule has 1 aromatic carbocycles. The van der Waals surface area contributed by atoms with E-state index in [0.29, 0.717) is 22.9 Å². The molecule has 2 atom stereocenters. The highest BCUT2D eigenvalue weighted by atomic mass is 35.5. The molecule has 2 rings (SSSR count). The van der Waals surface area contributed by atoms with Crippen molar-refractivity contribution in [1.29, 1.82) is 0 Å². The smallest absolute Gasteiger partial charge is 0.127 e. The van der Waals surface area contributed by atoms with Crippen molar-refractivity contribution in [1.82, 2.24) is 0 Å². The Bertz CT molecular complexity index is 345. The van der Waals surface area contributed by atoms with Crippen LogP contribution >= 0.6 is 23.2 Å². The fourth-order valence-corrected chi connectivity index (χ4v) is 2.99. The van der Waals surface area contributed by atoms with Crippen molar-refractivity contribution >= 4 is 23.2 Å². The molecule has 1 fully saturated rings. The van der Waals surface area contributed by atoms with Gasteiger partial charge in [-0.2, -0.15) is 0 Å². The lowest BCUT2D eigenvalue weighted by Gasteiger charge is -2.27.